The third kappa shape index (κ3) is 4.03. The van der Waals surface area contributed by atoms with Gasteiger partial charge in [0.25, 0.3) is 0 Å². The summed E-state index contributed by atoms with van der Waals surface area (Å²) < 4.78 is 6.38. The predicted molar refractivity (Wildman–Crippen MR) is 119 cm³/mol. The van der Waals surface area contributed by atoms with E-state index in [1.807, 2.05) is 55.5 Å². The van der Waals surface area contributed by atoms with Crippen LogP contribution in [0.1, 0.15) is 44.0 Å². The number of fused-ring (bicyclic) bond motifs is 3. The highest BCUT2D eigenvalue weighted by Gasteiger charge is 2.34. The fraction of sp³-hybridized carbons (Fsp3) is 0.304. The second-order valence-corrected chi connectivity index (χ2v) is 8.30. The first kappa shape index (κ1) is 20.3. The number of anilines is 1. The van der Waals surface area contributed by atoms with E-state index in [2.05, 4.69) is 22.1 Å². The van der Waals surface area contributed by atoms with E-state index in [9.17, 15) is 4.79 Å². The van der Waals surface area contributed by atoms with Crippen molar-refractivity contribution < 1.29 is 9.53 Å². The molecular formula is C23H24N4O2S. The molecule has 7 heteroatoms. The summed E-state index contributed by atoms with van der Waals surface area (Å²) in [6.45, 7) is 5.72. The molecular weight excluding hydrogens is 396 g/mol. The Morgan fingerprint density at radius 1 is 1.17 bits per heavy atom. The van der Waals surface area contributed by atoms with Crippen LogP contribution in [0.25, 0.3) is 11.3 Å². The SMILES string of the molecule is CCCCSc1nnc2c(n1)O[C@H](c1cccc(C)c1)N(C(C)=O)c1ccccc1-2. The van der Waals surface area contributed by atoms with Crippen LogP contribution in [-0.2, 0) is 4.79 Å². The lowest BCUT2D eigenvalue weighted by atomic mass is 10.1. The fourth-order valence-electron chi connectivity index (χ4n) is 3.46. The van der Waals surface area contributed by atoms with Crippen LogP contribution in [0.3, 0.4) is 0 Å². The molecule has 3 aromatic rings. The molecule has 2 aromatic carbocycles. The molecule has 1 aromatic heterocycles. The van der Waals surface area contributed by atoms with Crippen molar-refractivity contribution in [2.45, 2.75) is 45.0 Å². The number of carbonyl (C=O) groups excluding carboxylic acids is 1. The third-order valence-electron chi connectivity index (χ3n) is 4.91. The number of nitrogens with zero attached hydrogens (tertiary/aromatic N) is 4. The molecule has 0 bridgehead atoms. The quantitative estimate of drug-likeness (QED) is 0.418. The number of aryl methyl sites for hydroxylation is 1. The van der Waals surface area contributed by atoms with Crippen molar-refractivity contribution in [3.63, 3.8) is 0 Å². The number of rotatable bonds is 5. The summed E-state index contributed by atoms with van der Waals surface area (Å²) in [5, 5.41) is 9.33. The Labute approximate surface area is 180 Å². The molecule has 1 aliphatic heterocycles. The summed E-state index contributed by atoms with van der Waals surface area (Å²) in [7, 11) is 0. The fourth-order valence-corrected chi connectivity index (χ4v) is 4.32. The van der Waals surface area contributed by atoms with Gasteiger partial charge in [-0.3, -0.25) is 9.69 Å². The van der Waals surface area contributed by atoms with Gasteiger partial charge in [-0.15, -0.1) is 10.2 Å². The molecule has 4 rings (SSSR count). The summed E-state index contributed by atoms with van der Waals surface area (Å²) in [5.74, 6) is 1.20. The second kappa shape index (κ2) is 8.83. The van der Waals surface area contributed by atoms with Gasteiger partial charge < -0.3 is 4.74 Å². The highest BCUT2D eigenvalue weighted by atomic mass is 32.2. The zero-order valence-corrected chi connectivity index (χ0v) is 18.1. The molecule has 0 fully saturated rings. The van der Waals surface area contributed by atoms with Gasteiger partial charge in [0, 0.05) is 23.8 Å². The number of ether oxygens (including phenoxy) is 1. The number of aromatic nitrogens is 3. The van der Waals surface area contributed by atoms with Crippen molar-refractivity contribution in [2.24, 2.45) is 0 Å². The minimum atomic E-state index is -0.644. The van der Waals surface area contributed by atoms with Gasteiger partial charge in [-0.05, 0) is 19.4 Å². The topological polar surface area (TPSA) is 68.2 Å². The van der Waals surface area contributed by atoms with Crippen molar-refractivity contribution in [1.29, 1.82) is 0 Å². The normalized spacial score (nSPS) is 15.0. The number of para-hydroxylation sites is 1. The minimum Gasteiger partial charge on any atom is -0.447 e. The first-order chi connectivity index (χ1) is 14.6. The number of unbranched alkanes of at least 4 members (excludes halogenated alkanes) is 1. The van der Waals surface area contributed by atoms with Crippen LogP contribution in [-0.4, -0.2) is 26.8 Å². The molecule has 0 saturated carbocycles. The molecule has 30 heavy (non-hydrogen) atoms. The Hall–Kier alpha value is -2.93. The Morgan fingerprint density at radius 2 is 2.00 bits per heavy atom. The van der Waals surface area contributed by atoms with Crippen LogP contribution in [0.4, 0.5) is 5.69 Å². The van der Waals surface area contributed by atoms with Crippen molar-refractivity contribution >= 4 is 23.4 Å². The summed E-state index contributed by atoms with van der Waals surface area (Å²) >= 11 is 1.57. The molecule has 0 saturated heterocycles. The van der Waals surface area contributed by atoms with Crippen molar-refractivity contribution in [3.8, 4) is 17.1 Å². The lowest BCUT2D eigenvalue weighted by Gasteiger charge is -2.30. The first-order valence-corrected chi connectivity index (χ1v) is 11.1. The van der Waals surface area contributed by atoms with Crippen LogP contribution >= 0.6 is 11.8 Å². The van der Waals surface area contributed by atoms with E-state index < -0.39 is 6.23 Å². The molecule has 0 N–H and O–H groups in total. The predicted octanol–water partition coefficient (Wildman–Crippen LogP) is 5.18. The van der Waals surface area contributed by atoms with E-state index in [0.717, 1.165) is 41.0 Å². The number of carbonyl (C=O) groups is 1. The summed E-state index contributed by atoms with van der Waals surface area (Å²) in [6.07, 6.45) is 1.55. The molecule has 1 atom stereocenters. The van der Waals surface area contributed by atoms with Gasteiger partial charge in [-0.25, -0.2) is 0 Å². The maximum atomic E-state index is 12.8. The van der Waals surface area contributed by atoms with Crippen LogP contribution in [0, 0.1) is 6.92 Å². The van der Waals surface area contributed by atoms with Crippen LogP contribution in [0.15, 0.2) is 53.7 Å². The molecule has 1 aliphatic rings. The molecule has 0 radical (unpaired) electrons. The van der Waals surface area contributed by atoms with Gasteiger partial charge in [0.2, 0.25) is 23.2 Å². The number of amides is 1. The van der Waals surface area contributed by atoms with E-state index in [4.69, 9.17) is 4.74 Å². The summed E-state index contributed by atoms with van der Waals surface area (Å²) in [4.78, 5) is 19.1. The minimum absolute atomic E-state index is 0.118. The standard InChI is InChI=1S/C23H24N4O2S/c1-4-5-13-30-23-24-21-20(25-26-23)18-11-6-7-12-19(18)27(16(3)28)22(29-21)17-10-8-9-15(2)14-17/h6-12,14,22H,4-5,13H2,1-3H3/t22-/m1/s1. The number of thioether (sulfide) groups is 1. The van der Waals surface area contributed by atoms with Crippen molar-refractivity contribution in [2.75, 3.05) is 10.7 Å². The van der Waals surface area contributed by atoms with Gasteiger partial charge in [-0.2, -0.15) is 4.98 Å². The lowest BCUT2D eigenvalue weighted by molar-refractivity contribution is -0.118. The van der Waals surface area contributed by atoms with E-state index in [1.54, 1.807) is 23.6 Å². The average Bonchev–Trinajstić information content (AvgIpc) is 2.88. The summed E-state index contributed by atoms with van der Waals surface area (Å²) in [5.41, 5.74) is 4.04. The van der Waals surface area contributed by atoms with E-state index in [-0.39, 0.29) is 5.91 Å². The van der Waals surface area contributed by atoms with E-state index in [0.29, 0.717) is 16.7 Å². The highest BCUT2D eigenvalue weighted by Crippen LogP contribution is 2.43. The molecule has 0 aliphatic carbocycles. The zero-order chi connectivity index (χ0) is 21.1. The average molecular weight is 421 g/mol. The maximum absolute atomic E-state index is 12.8. The zero-order valence-electron chi connectivity index (χ0n) is 17.3. The number of benzene rings is 2. The van der Waals surface area contributed by atoms with E-state index >= 15 is 0 Å². The Balaban J connectivity index is 1.86. The third-order valence-corrected chi connectivity index (χ3v) is 5.83. The van der Waals surface area contributed by atoms with Crippen LogP contribution in [0.5, 0.6) is 5.88 Å². The Bertz CT molecular complexity index is 1070. The monoisotopic (exact) mass is 420 g/mol. The first-order valence-electron chi connectivity index (χ1n) is 10.1. The number of hydrogen-bond donors (Lipinski definition) is 0. The molecule has 154 valence electrons. The molecule has 2 heterocycles. The van der Waals surface area contributed by atoms with Crippen LogP contribution in [0.2, 0.25) is 0 Å². The van der Waals surface area contributed by atoms with Gasteiger partial charge in [-0.1, -0.05) is 73.1 Å². The molecule has 0 unspecified atom stereocenters. The van der Waals surface area contributed by atoms with Crippen LogP contribution < -0.4 is 9.64 Å². The van der Waals surface area contributed by atoms with Gasteiger partial charge in [0.1, 0.15) is 0 Å². The van der Waals surface area contributed by atoms with Gasteiger partial charge in [0.05, 0.1) is 5.69 Å². The lowest BCUT2D eigenvalue weighted by Crippen LogP contribution is -2.36. The smallest absolute Gasteiger partial charge is 0.247 e. The van der Waals surface area contributed by atoms with Crippen molar-refractivity contribution in [3.05, 3.63) is 59.7 Å². The largest absolute Gasteiger partial charge is 0.447 e. The Morgan fingerprint density at radius 3 is 2.77 bits per heavy atom. The molecule has 0 spiro atoms. The highest BCUT2D eigenvalue weighted by molar-refractivity contribution is 7.99. The molecule has 6 nitrogen and oxygen atoms in total. The summed E-state index contributed by atoms with van der Waals surface area (Å²) in [6, 6.07) is 15.6. The van der Waals surface area contributed by atoms with Crippen molar-refractivity contribution in [1.82, 2.24) is 15.2 Å². The second-order valence-electron chi connectivity index (χ2n) is 7.24. The number of hydrogen-bond acceptors (Lipinski definition) is 6. The van der Waals surface area contributed by atoms with E-state index in [1.165, 1.54) is 0 Å². The van der Waals surface area contributed by atoms with Gasteiger partial charge in [0.15, 0.2) is 5.69 Å². The molecule has 1 amide bonds. The Kier molecular flexibility index (Phi) is 5.99. The maximum Gasteiger partial charge on any atom is 0.247 e. The van der Waals surface area contributed by atoms with Gasteiger partial charge >= 0.3 is 0 Å².